The minimum absolute atomic E-state index is 0.0311. The lowest BCUT2D eigenvalue weighted by Gasteiger charge is -2.39. The van der Waals surface area contributed by atoms with Gasteiger partial charge in [-0.2, -0.15) is 13.2 Å². The highest BCUT2D eigenvalue weighted by molar-refractivity contribution is 7.99. The van der Waals surface area contributed by atoms with Crippen LogP contribution in [0.3, 0.4) is 0 Å². The van der Waals surface area contributed by atoms with E-state index >= 15 is 8.96 Å². The molecule has 418 valence electrons. The van der Waals surface area contributed by atoms with Crippen LogP contribution in [0.4, 0.5) is 40.3 Å². The van der Waals surface area contributed by atoms with Gasteiger partial charge < -0.3 is 34.2 Å². The van der Waals surface area contributed by atoms with Crippen LogP contribution in [0.2, 0.25) is 5.02 Å². The Kier molecular flexibility index (Phi) is 17.4. The Hall–Kier alpha value is -5.05. The van der Waals surface area contributed by atoms with E-state index in [4.69, 9.17) is 16.1 Å². The monoisotopic (exact) mass is 1170 g/mol. The number of alkyl halides is 3. The molecule has 0 saturated carbocycles. The number of aliphatic hydroxyl groups excluding tert-OH is 1. The minimum atomic E-state index is -5.97. The maximum absolute atomic E-state index is 15.9. The summed E-state index contributed by atoms with van der Waals surface area (Å²) in [6.45, 7) is 9.86. The molecule has 6 aromatic rings. The number of thioether (sulfide) groups is 1. The fourth-order valence-electron chi connectivity index (χ4n) is 10.8. The van der Waals surface area contributed by atoms with Crippen LogP contribution < -0.4 is 25.1 Å². The van der Waals surface area contributed by atoms with Crippen molar-refractivity contribution in [3.05, 3.63) is 132 Å². The van der Waals surface area contributed by atoms with Crippen LogP contribution in [-0.2, 0) is 28.8 Å². The summed E-state index contributed by atoms with van der Waals surface area (Å²) in [7, 11) is -14.0. The summed E-state index contributed by atoms with van der Waals surface area (Å²) in [5.41, 5.74) is -1.30. The molecule has 0 unspecified atom stereocenters. The molecule has 3 fully saturated rings. The highest BCUT2D eigenvalue weighted by atomic mass is 35.5. The zero-order chi connectivity index (χ0) is 55.7. The van der Waals surface area contributed by atoms with Crippen molar-refractivity contribution in [2.75, 3.05) is 90.8 Å². The summed E-state index contributed by atoms with van der Waals surface area (Å²) in [6, 6.07) is 31.3. The molecular formula is C56H64ClF4N6O7PS3. The molecule has 0 amide bonds. The topological polar surface area (TPSA) is 145 Å². The summed E-state index contributed by atoms with van der Waals surface area (Å²) in [5, 5.41) is 13.5. The SMILES string of the molecule is Cc1c(S(C)(=O)=O)c(-c2cc(F)cc(N3CCN(c4ccc(N5CCCO[P@]5(=O)c5ccc(N[C@H](CCN6CCC(O)CC6)CSc6ccccc6)c(S(=O)(=O)C(F)(F)F)c5)cc4)CC3)c2)c(-c2ccc(Cl)cc2)n1C(C)C. The number of nitrogens with one attached hydrogen (secondary N) is 1. The van der Waals surface area contributed by atoms with Crippen LogP contribution in [-0.4, -0.2) is 120 Å². The number of sulfone groups is 2. The third kappa shape index (κ3) is 12.5. The number of piperazine rings is 1. The van der Waals surface area contributed by atoms with E-state index in [1.807, 2.05) is 84.0 Å². The summed E-state index contributed by atoms with van der Waals surface area (Å²) < 4.78 is 138. The number of hydrogen-bond acceptors (Lipinski definition) is 12. The molecule has 9 rings (SSSR count). The molecule has 3 aliphatic heterocycles. The van der Waals surface area contributed by atoms with Crippen LogP contribution >= 0.6 is 30.9 Å². The molecule has 5 aromatic carbocycles. The van der Waals surface area contributed by atoms with Gasteiger partial charge in [-0.05, 0) is 143 Å². The second-order valence-electron chi connectivity index (χ2n) is 20.4. The molecule has 2 N–H and O–H groups in total. The van der Waals surface area contributed by atoms with Gasteiger partial charge in [0.05, 0.1) is 34.3 Å². The van der Waals surface area contributed by atoms with Crippen molar-refractivity contribution in [3.8, 4) is 22.4 Å². The summed E-state index contributed by atoms with van der Waals surface area (Å²) >= 11 is 7.76. The van der Waals surface area contributed by atoms with E-state index in [0.717, 1.165) is 22.2 Å². The molecule has 3 aliphatic rings. The van der Waals surface area contributed by atoms with Crippen LogP contribution in [0.5, 0.6) is 0 Å². The fraction of sp³-hybridized carbons (Fsp3) is 0.393. The molecule has 0 radical (unpaired) electrons. The first-order valence-corrected chi connectivity index (χ1v) is 32.3. The van der Waals surface area contributed by atoms with E-state index in [-0.39, 0.29) is 41.2 Å². The van der Waals surface area contributed by atoms with Gasteiger partial charge in [-0.1, -0.05) is 41.9 Å². The Bertz CT molecular complexity index is 3380. The smallest absolute Gasteiger partial charge is 0.393 e. The molecule has 0 spiro atoms. The third-order valence-corrected chi connectivity index (χ3v) is 21.3. The number of rotatable bonds is 17. The first-order chi connectivity index (χ1) is 37.0. The van der Waals surface area contributed by atoms with Crippen LogP contribution in [0.25, 0.3) is 22.4 Å². The average Bonchev–Trinajstić information content (AvgIpc) is 3.75. The Balaban J connectivity index is 0.948. The zero-order valence-electron chi connectivity index (χ0n) is 43.8. The molecule has 4 heterocycles. The van der Waals surface area contributed by atoms with Crippen molar-refractivity contribution in [1.82, 2.24) is 9.47 Å². The second kappa shape index (κ2) is 23.6. The van der Waals surface area contributed by atoms with Crippen molar-refractivity contribution in [2.24, 2.45) is 0 Å². The average molecular weight is 1170 g/mol. The second-order valence-corrected chi connectivity index (χ2v) is 28.0. The highest BCUT2D eigenvalue weighted by Crippen LogP contribution is 2.55. The Morgan fingerprint density at radius 2 is 1.45 bits per heavy atom. The first kappa shape index (κ1) is 57.6. The van der Waals surface area contributed by atoms with E-state index in [0.29, 0.717) is 116 Å². The summed E-state index contributed by atoms with van der Waals surface area (Å²) in [5.74, 6) is -0.120. The molecule has 0 bridgehead atoms. The number of aliphatic hydroxyl groups is 1. The Morgan fingerprint density at radius 1 is 0.808 bits per heavy atom. The maximum Gasteiger partial charge on any atom is 0.501 e. The molecule has 78 heavy (non-hydrogen) atoms. The molecule has 2 atom stereocenters. The first-order valence-electron chi connectivity index (χ1n) is 26.0. The number of anilines is 4. The van der Waals surface area contributed by atoms with Crippen molar-refractivity contribution < 1.29 is 48.6 Å². The van der Waals surface area contributed by atoms with Gasteiger partial charge in [0.2, 0.25) is 0 Å². The molecule has 13 nitrogen and oxygen atoms in total. The van der Waals surface area contributed by atoms with E-state index in [2.05, 4.69) is 15.1 Å². The van der Waals surface area contributed by atoms with Crippen LogP contribution in [0.15, 0.2) is 130 Å². The van der Waals surface area contributed by atoms with Gasteiger partial charge in [0.15, 0.2) is 9.84 Å². The summed E-state index contributed by atoms with van der Waals surface area (Å²) in [6.07, 6.45) is 2.91. The third-order valence-electron chi connectivity index (χ3n) is 14.6. The minimum Gasteiger partial charge on any atom is -0.393 e. The number of aromatic nitrogens is 1. The lowest BCUT2D eigenvalue weighted by molar-refractivity contribution is -0.0435. The number of piperidine rings is 1. The van der Waals surface area contributed by atoms with E-state index in [1.54, 1.807) is 31.2 Å². The van der Waals surface area contributed by atoms with Gasteiger partial charge >= 0.3 is 13.0 Å². The number of benzene rings is 5. The standard InChI is InChI=1S/C56H64ClF4N6O7PS3/c1-38(2)67-39(3)55(77(4,70)71)53(54(67)40-11-13-42(57)14-12-40)41-33-43(58)35-47(34-41)65-30-28-64(29-31-65)45-15-17-46(18-16-45)66-24-8-32-74-75(66,69)49-19-20-51(52(36-49)78(72,73)56(59,60)61)62-44(37-76-50-9-6-5-7-10-50)21-25-63-26-22-48(68)23-27-63/h5-7,9-20,33-36,38,44,48,62,68H,8,21-32,37H2,1-4H3/t44-,75-/m1/s1. The van der Waals surface area contributed by atoms with Gasteiger partial charge in [0.25, 0.3) is 9.84 Å². The van der Waals surface area contributed by atoms with Crippen LogP contribution in [0, 0.1) is 12.7 Å². The zero-order valence-corrected chi connectivity index (χ0v) is 47.9. The summed E-state index contributed by atoms with van der Waals surface area (Å²) in [4.78, 5) is 6.39. The van der Waals surface area contributed by atoms with Gasteiger partial charge in [-0.25, -0.2) is 21.2 Å². The van der Waals surface area contributed by atoms with Gasteiger partial charge in [-0.3, -0.25) is 9.24 Å². The Labute approximate surface area is 463 Å². The lowest BCUT2D eigenvalue weighted by atomic mass is 9.99. The largest absolute Gasteiger partial charge is 0.501 e. The quantitative estimate of drug-likeness (QED) is 0.0508. The lowest BCUT2D eigenvalue weighted by Crippen LogP contribution is -2.46. The highest BCUT2D eigenvalue weighted by Gasteiger charge is 2.49. The van der Waals surface area contributed by atoms with E-state index < -0.39 is 49.5 Å². The number of nitrogens with zero attached hydrogens (tertiary/aromatic N) is 5. The van der Waals surface area contributed by atoms with Gasteiger partial charge in [-0.15, -0.1) is 11.8 Å². The maximum atomic E-state index is 15.9. The van der Waals surface area contributed by atoms with Crippen molar-refractivity contribution in [1.29, 1.82) is 0 Å². The predicted molar refractivity (Wildman–Crippen MR) is 305 cm³/mol. The molecule has 22 heteroatoms. The number of hydrogen-bond donors (Lipinski definition) is 2. The van der Waals surface area contributed by atoms with Gasteiger partial charge in [0, 0.05) is 115 Å². The van der Waals surface area contributed by atoms with E-state index in [1.165, 1.54) is 47.0 Å². The van der Waals surface area contributed by atoms with Crippen LogP contribution in [0.1, 0.15) is 51.3 Å². The molecule has 0 aliphatic carbocycles. The normalized spacial score (nSPS) is 18.7. The predicted octanol–water partition coefficient (Wildman–Crippen LogP) is 11.7. The van der Waals surface area contributed by atoms with Crippen molar-refractivity contribution >= 4 is 78.6 Å². The van der Waals surface area contributed by atoms with Crippen molar-refractivity contribution in [3.63, 3.8) is 0 Å². The van der Waals surface area contributed by atoms with E-state index in [9.17, 15) is 35.1 Å². The molecule has 1 aromatic heterocycles. The Morgan fingerprint density at radius 3 is 2.08 bits per heavy atom. The molecular weight excluding hydrogens is 1110 g/mol. The van der Waals surface area contributed by atoms with Gasteiger partial charge in [0.1, 0.15) is 10.7 Å². The number of halogens is 5. The fourth-order valence-corrected chi connectivity index (χ4v) is 16.5. The number of likely N-dealkylation sites (tertiary alicyclic amines) is 1. The molecule has 3 saturated heterocycles. The van der Waals surface area contributed by atoms with Crippen molar-refractivity contribution in [2.45, 2.75) is 84.8 Å².